The van der Waals surface area contributed by atoms with E-state index in [0.29, 0.717) is 17.0 Å². The monoisotopic (exact) mass is 200 g/mol. The Balaban J connectivity index is 2.11. The van der Waals surface area contributed by atoms with Crippen LogP contribution in [0.3, 0.4) is 0 Å². The van der Waals surface area contributed by atoms with Crippen LogP contribution in [0.25, 0.3) is 0 Å². The van der Waals surface area contributed by atoms with E-state index in [2.05, 4.69) is 13.8 Å². The van der Waals surface area contributed by atoms with E-state index in [9.17, 15) is 4.79 Å². The van der Waals surface area contributed by atoms with Gasteiger partial charge in [0.05, 0.1) is 0 Å². The third-order valence-electron chi connectivity index (χ3n) is 2.82. The molecular formula is C11H20OS. The highest BCUT2D eigenvalue weighted by molar-refractivity contribution is 7.99. The van der Waals surface area contributed by atoms with Gasteiger partial charge in [-0.05, 0) is 18.6 Å². The van der Waals surface area contributed by atoms with Crippen LogP contribution in [0.1, 0.15) is 46.0 Å². The molecule has 0 radical (unpaired) electrons. The van der Waals surface area contributed by atoms with E-state index in [4.69, 9.17) is 0 Å². The number of carbonyl (C=O) groups excluding carboxylic acids is 1. The van der Waals surface area contributed by atoms with Gasteiger partial charge in [-0.25, -0.2) is 0 Å². The Labute approximate surface area is 85.7 Å². The molecule has 0 heterocycles. The second-order valence-corrected chi connectivity index (χ2v) is 5.26. The highest BCUT2D eigenvalue weighted by Crippen LogP contribution is 2.32. The Bertz CT molecular complexity index is 167. The predicted molar refractivity (Wildman–Crippen MR) is 59.2 cm³/mol. The van der Waals surface area contributed by atoms with E-state index in [1.807, 2.05) is 11.8 Å². The Hall–Kier alpha value is 0.0200. The van der Waals surface area contributed by atoms with Gasteiger partial charge in [-0.2, -0.15) is 11.8 Å². The highest BCUT2D eigenvalue weighted by atomic mass is 32.2. The van der Waals surface area contributed by atoms with Crippen LogP contribution >= 0.6 is 11.8 Å². The van der Waals surface area contributed by atoms with Crippen molar-refractivity contribution in [1.29, 1.82) is 0 Å². The van der Waals surface area contributed by atoms with Crippen molar-refractivity contribution in [1.82, 2.24) is 0 Å². The number of Topliss-reactive ketones (excluding diaryl/α,β-unsaturated/α-hetero) is 1. The van der Waals surface area contributed by atoms with Crippen molar-refractivity contribution in [2.75, 3.05) is 5.75 Å². The molecule has 1 nitrogen and oxygen atoms in total. The van der Waals surface area contributed by atoms with E-state index in [0.717, 1.165) is 12.8 Å². The van der Waals surface area contributed by atoms with Gasteiger partial charge in [0.15, 0.2) is 0 Å². The number of unbranched alkanes of at least 4 members (excludes halogenated alkanes) is 2. The van der Waals surface area contributed by atoms with Crippen LogP contribution in [0, 0.1) is 5.92 Å². The molecule has 1 aliphatic carbocycles. The SMILES string of the molecule is CCCCCSC1CCC(=O)C1C. The van der Waals surface area contributed by atoms with Crippen LogP contribution < -0.4 is 0 Å². The smallest absolute Gasteiger partial charge is 0.136 e. The molecule has 0 aromatic heterocycles. The number of hydrogen-bond donors (Lipinski definition) is 0. The van der Waals surface area contributed by atoms with Crippen LogP contribution in [-0.2, 0) is 4.79 Å². The molecule has 0 bridgehead atoms. The van der Waals surface area contributed by atoms with E-state index in [1.165, 1.54) is 25.0 Å². The zero-order valence-corrected chi connectivity index (χ0v) is 9.53. The molecule has 2 heteroatoms. The first-order valence-electron chi connectivity index (χ1n) is 5.40. The topological polar surface area (TPSA) is 17.1 Å². The molecule has 0 aliphatic heterocycles. The summed E-state index contributed by atoms with van der Waals surface area (Å²) < 4.78 is 0. The Morgan fingerprint density at radius 3 is 2.77 bits per heavy atom. The number of ketones is 1. The maximum atomic E-state index is 11.3. The fourth-order valence-electron chi connectivity index (χ4n) is 1.78. The molecule has 0 N–H and O–H groups in total. The van der Waals surface area contributed by atoms with Crippen molar-refractivity contribution in [2.24, 2.45) is 5.92 Å². The predicted octanol–water partition coefficient (Wildman–Crippen LogP) is 3.28. The van der Waals surface area contributed by atoms with Crippen LogP contribution in [0.15, 0.2) is 0 Å². The van der Waals surface area contributed by atoms with Gasteiger partial charge in [0, 0.05) is 17.6 Å². The first-order valence-corrected chi connectivity index (χ1v) is 6.45. The van der Waals surface area contributed by atoms with Crippen LogP contribution in [0.5, 0.6) is 0 Å². The molecule has 0 aromatic rings. The third-order valence-corrected chi connectivity index (χ3v) is 4.42. The fraction of sp³-hybridized carbons (Fsp3) is 0.909. The Morgan fingerprint density at radius 2 is 2.23 bits per heavy atom. The van der Waals surface area contributed by atoms with Gasteiger partial charge in [-0.3, -0.25) is 4.79 Å². The lowest BCUT2D eigenvalue weighted by atomic mass is 10.1. The minimum Gasteiger partial charge on any atom is -0.299 e. The second kappa shape index (κ2) is 5.69. The first-order chi connectivity index (χ1) is 6.25. The van der Waals surface area contributed by atoms with E-state index < -0.39 is 0 Å². The maximum absolute atomic E-state index is 11.3. The van der Waals surface area contributed by atoms with Crippen molar-refractivity contribution < 1.29 is 4.79 Å². The summed E-state index contributed by atoms with van der Waals surface area (Å²) in [6, 6.07) is 0. The van der Waals surface area contributed by atoms with Gasteiger partial charge >= 0.3 is 0 Å². The normalized spacial score (nSPS) is 28.3. The highest BCUT2D eigenvalue weighted by Gasteiger charge is 2.30. The summed E-state index contributed by atoms with van der Waals surface area (Å²) in [6.07, 6.45) is 5.89. The summed E-state index contributed by atoms with van der Waals surface area (Å²) in [7, 11) is 0. The summed E-state index contributed by atoms with van der Waals surface area (Å²) in [5.74, 6) is 2.05. The molecular weight excluding hydrogens is 180 g/mol. The molecule has 0 spiro atoms. The number of thioether (sulfide) groups is 1. The van der Waals surface area contributed by atoms with Gasteiger partial charge in [0.1, 0.15) is 5.78 Å². The molecule has 0 aromatic carbocycles. The maximum Gasteiger partial charge on any atom is 0.136 e. The van der Waals surface area contributed by atoms with Crippen molar-refractivity contribution >= 4 is 17.5 Å². The second-order valence-electron chi connectivity index (χ2n) is 3.91. The van der Waals surface area contributed by atoms with Gasteiger partial charge in [-0.1, -0.05) is 26.7 Å². The Morgan fingerprint density at radius 1 is 1.46 bits per heavy atom. The summed E-state index contributed by atoms with van der Waals surface area (Å²) in [6.45, 7) is 4.32. The Kier molecular flexibility index (Phi) is 4.86. The lowest BCUT2D eigenvalue weighted by molar-refractivity contribution is -0.120. The van der Waals surface area contributed by atoms with Crippen LogP contribution in [-0.4, -0.2) is 16.8 Å². The summed E-state index contributed by atoms with van der Waals surface area (Å²) in [5.41, 5.74) is 0. The quantitative estimate of drug-likeness (QED) is 0.634. The molecule has 1 fully saturated rings. The molecule has 1 saturated carbocycles. The molecule has 0 amide bonds. The van der Waals surface area contributed by atoms with Gasteiger partial charge in [0.25, 0.3) is 0 Å². The van der Waals surface area contributed by atoms with Gasteiger partial charge in [-0.15, -0.1) is 0 Å². The molecule has 0 saturated heterocycles. The third kappa shape index (κ3) is 3.34. The molecule has 1 rings (SSSR count). The number of rotatable bonds is 5. The number of carbonyl (C=O) groups is 1. The van der Waals surface area contributed by atoms with Crippen LogP contribution in [0.4, 0.5) is 0 Å². The van der Waals surface area contributed by atoms with Crippen molar-refractivity contribution in [3.8, 4) is 0 Å². The largest absolute Gasteiger partial charge is 0.299 e. The fourth-order valence-corrected chi connectivity index (χ4v) is 3.18. The van der Waals surface area contributed by atoms with Crippen molar-refractivity contribution in [2.45, 2.75) is 51.2 Å². The summed E-state index contributed by atoms with van der Waals surface area (Å²) >= 11 is 2.01. The standard InChI is InChI=1S/C11H20OS/c1-3-4-5-8-13-11-7-6-10(12)9(11)2/h9,11H,3-8H2,1-2H3. The average Bonchev–Trinajstić information content (AvgIpc) is 2.43. The molecule has 13 heavy (non-hydrogen) atoms. The molecule has 2 atom stereocenters. The van der Waals surface area contributed by atoms with E-state index >= 15 is 0 Å². The summed E-state index contributed by atoms with van der Waals surface area (Å²) in [4.78, 5) is 11.3. The zero-order chi connectivity index (χ0) is 9.68. The molecule has 1 aliphatic rings. The lowest BCUT2D eigenvalue weighted by Crippen LogP contribution is -2.12. The van der Waals surface area contributed by atoms with Crippen molar-refractivity contribution in [3.05, 3.63) is 0 Å². The first kappa shape index (κ1) is 11.1. The zero-order valence-electron chi connectivity index (χ0n) is 8.71. The van der Waals surface area contributed by atoms with Crippen molar-refractivity contribution in [3.63, 3.8) is 0 Å². The number of hydrogen-bond acceptors (Lipinski definition) is 2. The average molecular weight is 200 g/mol. The molecule has 76 valence electrons. The minimum atomic E-state index is 0.326. The summed E-state index contributed by atoms with van der Waals surface area (Å²) in [5, 5.41) is 0.629. The molecule has 2 unspecified atom stereocenters. The van der Waals surface area contributed by atoms with E-state index in [1.54, 1.807) is 0 Å². The minimum absolute atomic E-state index is 0.326. The van der Waals surface area contributed by atoms with Gasteiger partial charge < -0.3 is 0 Å². The van der Waals surface area contributed by atoms with E-state index in [-0.39, 0.29) is 0 Å². The van der Waals surface area contributed by atoms with Gasteiger partial charge in [0.2, 0.25) is 0 Å². The van der Waals surface area contributed by atoms with Crippen LogP contribution in [0.2, 0.25) is 0 Å². The lowest BCUT2D eigenvalue weighted by Gasteiger charge is -2.12.